The highest BCUT2D eigenvalue weighted by Gasteiger charge is 2.34. The fraction of sp³-hybridized carbons (Fsp3) is 0.238. The Bertz CT molecular complexity index is 979. The number of hydrogen-bond donors (Lipinski definition) is 0. The van der Waals surface area contributed by atoms with Gasteiger partial charge in [-0.3, -0.25) is 4.79 Å². The maximum absolute atomic E-state index is 13.0. The third-order valence-corrected chi connectivity index (χ3v) is 4.70. The molecule has 2 aromatic carbocycles. The summed E-state index contributed by atoms with van der Waals surface area (Å²) in [6, 6.07) is 16.2. The average molecular weight is 370 g/mol. The Morgan fingerprint density at radius 1 is 1.00 bits per heavy atom. The summed E-state index contributed by atoms with van der Waals surface area (Å²) in [6.07, 6.45) is -2.56. The second-order valence-electron chi connectivity index (χ2n) is 6.75. The lowest BCUT2D eigenvalue weighted by Gasteiger charge is -2.22. The molecule has 27 heavy (non-hydrogen) atoms. The van der Waals surface area contributed by atoms with Gasteiger partial charge in [0.2, 0.25) is 0 Å². The van der Waals surface area contributed by atoms with Crippen molar-refractivity contribution in [2.45, 2.75) is 31.6 Å². The second kappa shape index (κ2) is 6.68. The SMILES string of the molecule is O=C(c1ccc2ccccc2n1)N(Cc1ccc(C(F)(F)F)cc1)C1CC1. The summed E-state index contributed by atoms with van der Waals surface area (Å²) < 4.78 is 38.2. The second-order valence-corrected chi connectivity index (χ2v) is 6.75. The van der Waals surface area contributed by atoms with Gasteiger partial charge in [0.05, 0.1) is 11.1 Å². The van der Waals surface area contributed by atoms with Crippen LogP contribution in [0.3, 0.4) is 0 Å². The number of benzene rings is 2. The van der Waals surface area contributed by atoms with Crippen molar-refractivity contribution in [3.8, 4) is 0 Å². The van der Waals surface area contributed by atoms with Gasteiger partial charge in [-0.15, -0.1) is 0 Å². The van der Waals surface area contributed by atoms with Gasteiger partial charge in [-0.2, -0.15) is 13.2 Å². The first-order valence-corrected chi connectivity index (χ1v) is 8.75. The molecule has 3 aromatic rings. The number of rotatable bonds is 4. The molecular formula is C21H17F3N2O. The van der Waals surface area contributed by atoms with Crippen LogP contribution < -0.4 is 0 Å². The smallest absolute Gasteiger partial charge is 0.330 e. The Morgan fingerprint density at radius 3 is 2.37 bits per heavy atom. The van der Waals surface area contributed by atoms with Crippen LogP contribution in [0.2, 0.25) is 0 Å². The highest BCUT2D eigenvalue weighted by atomic mass is 19.4. The molecule has 0 bridgehead atoms. The van der Waals surface area contributed by atoms with Crippen LogP contribution in [-0.4, -0.2) is 21.8 Å². The molecule has 0 unspecified atom stereocenters. The van der Waals surface area contributed by atoms with Gasteiger partial charge in [0, 0.05) is 18.0 Å². The molecule has 1 amide bonds. The molecule has 3 nitrogen and oxygen atoms in total. The number of halogens is 3. The maximum atomic E-state index is 13.0. The van der Waals surface area contributed by atoms with E-state index >= 15 is 0 Å². The molecule has 0 radical (unpaired) electrons. The molecule has 6 heteroatoms. The average Bonchev–Trinajstić information content (AvgIpc) is 3.50. The lowest BCUT2D eigenvalue weighted by molar-refractivity contribution is -0.137. The topological polar surface area (TPSA) is 33.2 Å². The molecule has 0 saturated heterocycles. The monoisotopic (exact) mass is 370 g/mol. The van der Waals surface area contributed by atoms with E-state index in [2.05, 4.69) is 4.98 Å². The predicted octanol–water partition coefficient (Wildman–Crippen LogP) is 5.06. The third-order valence-electron chi connectivity index (χ3n) is 4.70. The zero-order valence-corrected chi connectivity index (χ0v) is 14.4. The van der Waals surface area contributed by atoms with Crippen LogP contribution in [0.1, 0.15) is 34.5 Å². The van der Waals surface area contributed by atoms with E-state index in [1.54, 1.807) is 11.0 Å². The fourth-order valence-corrected chi connectivity index (χ4v) is 3.08. The zero-order chi connectivity index (χ0) is 19.0. The largest absolute Gasteiger partial charge is 0.416 e. The normalized spacial score (nSPS) is 14.3. The van der Waals surface area contributed by atoms with Gasteiger partial charge < -0.3 is 4.90 Å². The van der Waals surface area contributed by atoms with Crippen molar-refractivity contribution in [3.63, 3.8) is 0 Å². The summed E-state index contributed by atoms with van der Waals surface area (Å²) in [4.78, 5) is 19.1. The van der Waals surface area contributed by atoms with Crippen molar-refractivity contribution in [2.24, 2.45) is 0 Å². The lowest BCUT2D eigenvalue weighted by atomic mass is 10.1. The Hall–Kier alpha value is -2.89. The summed E-state index contributed by atoms with van der Waals surface area (Å²) in [5.41, 5.74) is 1.08. The molecule has 1 heterocycles. The number of fused-ring (bicyclic) bond motifs is 1. The molecule has 1 saturated carbocycles. The number of nitrogens with zero attached hydrogens (tertiary/aromatic N) is 2. The molecule has 0 N–H and O–H groups in total. The van der Waals surface area contributed by atoms with E-state index < -0.39 is 11.7 Å². The summed E-state index contributed by atoms with van der Waals surface area (Å²) >= 11 is 0. The molecule has 4 rings (SSSR count). The van der Waals surface area contributed by atoms with Crippen molar-refractivity contribution in [1.29, 1.82) is 0 Å². The van der Waals surface area contributed by atoms with Gasteiger partial charge in [-0.1, -0.05) is 36.4 Å². The van der Waals surface area contributed by atoms with Crippen molar-refractivity contribution >= 4 is 16.8 Å². The molecule has 0 aliphatic heterocycles. The van der Waals surface area contributed by atoms with Crippen molar-refractivity contribution < 1.29 is 18.0 Å². The van der Waals surface area contributed by atoms with Crippen LogP contribution in [0, 0.1) is 0 Å². The number of aromatic nitrogens is 1. The van der Waals surface area contributed by atoms with Crippen molar-refractivity contribution in [2.75, 3.05) is 0 Å². The predicted molar refractivity (Wildman–Crippen MR) is 96.1 cm³/mol. The van der Waals surface area contributed by atoms with Crippen LogP contribution >= 0.6 is 0 Å². The van der Waals surface area contributed by atoms with Crippen LogP contribution in [0.5, 0.6) is 0 Å². The highest BCUT2D eigenvalue weighted by molar-refractivity contribution is 5.95. The van der Waals surface area contributed by atoms with Gasteiger partial charge in [0.1, 0.15) is 5.69 Å². The van der Waals surface area contributed by atoms with Crippen molar-refractivity contribution in [1.82, 2.24) is 9.88 Å². The zero-order valence-electron chi connectivity index (χ0n) is 14.4. The molecule has 0 spiro atoms. The minimum atomic E-state index is -4.36. The van der Waals surface area contributed by atoms with Gasteiger partial charge >= 0.3 is 6.18 Å². The molecule has 1 aliphatic carbocycles. The van der Waals surface area contributed by atoms with E-state index in [0.29, 0.717) is 11.3 Å². The minimum absolute atomic E-state index is 0.119. The standard InChI is InChI=1S/C21H17F3N2O/c22-21(23,24)16-8-5-14(6-9-16)13-26(17-10-11-17)20(27)19-12-7-15-3-1-2-4-18(15)25-19/h1-9,12,17H,10-11,13H2. The van der Waals surface area contributed by atoms with E-state index in [-0.39, 0.29) is 18.5 Å². The van der Waals surface area contributed by atoms with Crippen LogP contribution in [0.15, 0.2) is 60.7 Å². The Labute approximate surface area is 154 Å². The van der Waals surface area contributed by atoms with Gasteiger partial charge in [-0.25, -0.2) is 4.98 Å². The van der Waals surface area contributed by atoms with Gasteiger partial charge in [0.15, 0.2) is 0 Å². The first kappa shape index (κ1) is 17.5. The molecule has 1 fully saturated rings. The molecule has 138 valence electrons. The summed E-state index contributed by atoms with van der Waals surface area (Å²) in [7, 11) is 0. The Kier molecular flexibility index (Phi) is 4.34. The fourth-order valence-electron chi connectivity index (χ4n) is 3.08. The Balaban J connectivity index is 1.57. The summed E-state index contributed by atoms with van der Waals surface area (Å²) in [6.45, 7) is 0.274. The van der Waals surface area contributed by atoms with E-state index in [0.717, 1.165) is 35.9 Å². The number of alkyl halides is 3. The third kappa shape index (κ3) is 3.79. The summed E-state index contributed by atoms with van der Waals surface area (Å²) in [5, 5.41) is 0.953. The minimum Gasteiger partial charge on any atom is -0.330 e. The van der Waals surface area contributed by atoms with Crippen LogP contribution in [0.4, 0.5) is 13.2 Å². The number of pyridine rings is 1. The highest BCUT2D eigenvalue weighted by Crippen LogP contribution is 2.32. The van der Waals surface area contributed by atoms with E-state index in [1.807, 2.05) is 30.3 Å². The molecular weight excluding hydrogens is 353 g/mol. The molecule has 0 atom stereocenters. The summed E-state index contributed by atoms with van der Waals surface area (Å²) in [5.74, 6) is -0.192. The van der Waals surface area contributed by atoms with Crippen LogP contribution in [0.25, 0.3) is 10.9 Å². The Morgan fingerprint density at radius 2 is 1.70 bits per heavy atom. The van der Waals surface area contributed by atoms with Gasteiger partial charge in [0.25, 0.3) is 5.91 Å². The van der Waals surface area contributed by atoms with Gasteiger partial charge in [-0.05, 0) is 42.7 Å². The van der Waals surface area contributed by atoms with E-state index in [9.17, 15) is 18.0 Å². The van der Waals surface area contributed by atoms with Crippen molar-refractivity contribution in [3.05, 3.63) is 77.5 Å². The number of amides is 1. The first-order chi connectivity index (χ1) is 12.9. The number of carbonyl (C=O) groups excluding carboxylic acids is 1. The molecule has 1 aliphatic rings. The van der Waals surface area contributed by atoms with E-state index in [1.165, 1.54) is 12.1 Å². The van der Waals surface area contributed by atoms with E-state index in [4.69, 9.17) is 0 Å². The number of para-hydroxylation sites is 1. The number of hydrogen-bond acceptors (Lipinski definition) is 2. The first-order valence-electron chi connectivity index (χ1n) is 8.75. The van der Waals surface area contributed by atoms with Crippen LogP contribution in [-0.2, 0) is 12.7 Å². The maximum Gasteiger partial charge on any atom is 0.416 e. The lowest BCUT2D eigenvalue weighted by Crippen LogP contribution is -2.33. The molecule has 1 aromatic heterocycles. The quantitative estimate of drug-likeness (QED) is 0.643. The number of carbonyl (C=O) groups is 1.